The van der Waals surface area contributed by atoms with Crippen molar-refractivity contribution in [2.24, 2.45) is 7.05 Å². The van der Waals surface area contributed by atoms with Crippen molar-refractivity contribution in [3.8, 4) is 17.0 Å². The van der Waals surface area contributed by atoms with E-state index in [0.717, 1.165) is 28.8 Å². The topological polar surface area (TPSA) is 81.5 Å². The molecule has 7 nitrogen and oxygen atoms in total. The van der Waals surface area contributed by atoms with Crippen LogP contribution >= 0.6 is 11.6 Å². The molecule has 2 aliphatic heterocycles. The predicted molar refractivity (Wildman–Crippen MR) is 121 cm³/mol. The van der Waals surface area contributed by atoms with Gasteiger partial charge in [-0.05, 0) is 30.3 Å². The second kappa shape index (κ2) is 7.35. The van der Waals surface area contributed by atoms with E-state index in [-0.39, 0.29) is 21.4 Å². The average Bonchev–Trinajstić information content (AvgIpc) is 3.16. The third-order valence-corrected chi connectivity index (χ3v) is 7.68. The molecule has 0 radical (unpaired) electrons. The molecule has 3 heterocycles. The summed E-state index contributed by atoms with van der Waals surface area (Å²) in [6, 6.07) is 12.3. The van der Waals surface area contributed by atoms with Gasteiger partial charge in [-0.1, -0.05) is 23.7 Å². The van der Waals surface area contributed by atoms with E-state index in [2.05, 4.69) is 5.10 Å². The second-order valence-electron chi connectivity index (χ2n) is 8.33. The number of amides is 1. The standard InChI is InChI=1S/C23H22ClN3O4S/c1-26-21-16-5-3-4-6-19(16)31-23(18(21)14-25-26)9-11-27(12-10-23)22(28)17-8-7-15(24)13-20(17)32(2,29)30/h3-8,13-14H,9-12H2,1-2H3. The van der Waals surface area contributed by atoms with E-state index in [0.29, 0.717) is 25.9 Å². The van der Waals surface area contributed by atoms with E-state index in [1.54, 1.807) is 4.90 Å². The van der Waals surface area contributed by atoms with Crippen molar-refractivity contribution in [1.29, 1.82) is 0 Å². The number of aryl methyl sites for hydroxylation is 1. The Kier molecular flexibility index (Phi) is 4.83. The number of ether oxygens (including phenoxy) is 1. The van der Waals surface area contributed by atoms with Gasteiger partial charge in [0.15, 0.2) is 9.84 Å². The molecule has 0 saturated carbocycles. The van der Waals surface area contributed by atoms with Crippen molar-refractivity contribution in [3.05, 3.63) is 64.8 Å². The van der Waals surface area contributed by atoms with Crippen LogP contribution in [0.2, 0.25) is 5.02 Å². The molecule has 2 aliphatic rings. The molecular weight excluding hydrogens is 450 g/mol. The molecule has 1 fully saturated rings. The normalized spacial score (nSPS) is 16.9. The Morgan fingerprint density at radius 3 is 2.59 bits per heavy atom. The molecule has 9 heteroatoms. The zero-order valence-corrected chi connectivity index (χ0v) is 19.3. The number of halogens is 1. The first kappa shape index (κ1) is 21.0. The lowest BCUT2D eigenvalue weighted by Gasteiger charge is -2.44. The molecule has 1 spiro atoms. The van der Waals surface area contributed by atoms with Crippen LogP contribution in [0.25, 0.3) is 11.3 Å². The highest BCUT2D eigenvalue weighted by Crippen LogP contribution is 2.49. The van der Waals surface area contributed by atoms with Gasteiger partial charge in [0.1, 0.15) is 11.4 Å². The van der Waals surface area contributed by atoms with Gasteiger partial charge in [-0.25, -0.2) is 8.42 Å². The molecule has 0 unspecified atom stereocenters. The molecule has 1 aromatic heterocycles. The Labute approximate surface area is 191 Å². The van der Waals surface area contributed by atoms with E-state index >= 15 is 0 Å². The largest absolute Gasteiger partial charge is 0.482 e. The maximum Gasteiger partial charge on any atom is 0.255 e. The molecule has 0 bridgehead atoms. The van der Waals surface area contributed by atoms with Crippen molar-refractivity contribution in [1.82, 2.24) is 14.7 Å². The first-order valence-corrected chi connectivity index (χ1v) is 12.6. The van der Waals surface area contributed by atoms with Crippen molar-refractivity contribution >= 4 is 27.3 Å². The number of carbonyl (C=O) groups excluding carboxylic acids is 1. The minimum Gasteiger partial charge on any atom is -0.482 e. The van der Waals surface area contributed by atoms with E-state index in [1.807, 2.05) is 42.2 Å². The van der Waals surface area contributed by atoms with E-state index in [9.17, 15) is 13.2 Å². The van der Waals surface area contributed by atoms with Gasteiger partial charge in [-0.2, -0.15) is 5.10 Å². The van der Waals surface area contributed by atoms with Gasteiger partial charge < -0.3 is 9.64 Å². The molecule has 0 N–H and O–H groups in total. The smallest absolute Gasteiger partial charge is 0.255 e. The highest BCUT2D eigenvalue weighted by atomic mass is 35.5. The number of likely N-dealkylation sites (tertiary alicyclic amines) is 1. The summed E-state index contributed by atoms with van der Waals surface area (Å²) in [6.45, 7) is 0.863. The van der Waals surface area contributed by atoms with Crippen molar-refractivity contribution in [2.45, 2.75) is 23.3 Å². The lowest BCUT2D eigenvalue weighted by atomic mass is 9.81. The number of rotatable bonds is 2. The number of carbonyl (C=O) groups is 1. The third-order valence-electron chi connectivity index (χ3n) is 6.31. The zero-order valence-electron chi connectivity index (χ0n) is 17.7. The van der Waals surface area contributed by atoms with Crippen LogP contribution in [0.5, 0.6) is 5.75 Å². The second-order valence-corrected chi connectivity index (χ2v) is 10.7. The van der Waals surface area contributed by atoms with E-state index in [1.165, 1.54) is 18.2 Å². The Balaban J connectivity index is 1.45. The number of hydrogen-bond donors (Lipinski definition) is 0. The number of piperidine rings is 1. The number of aromatic nitrogens is 2. The summed E-state index contributed by atoms with van der Waals surface area (Å²) >= 11 is 5.99. The van der Waals surface area contributed by atoms with Gasteiger partial charge >= 0.3 is 0 Å². The van der Waals surface area contributed by atoms with Crippen molar-refractivity contribution in [3.63, 3.8) is 0 Å². The Hall–Kier alpha value is -2.84. The fourth-order valence-corrected chi connectivity index (χ4v) is 5.83. The van der Waals surface area contributed by atoms with Gasteiger partial charge in [0.05, 0.1) is 22.3 Å². The Bertz CT molecular complexity index is 1340. The Morgan fingerprint density at radius 1 is 1.16 bits per heavy atom. The van der Waals surface area contributed by atoms with Crippen LogP contribution in [-0.4, -0.2) is 48.4 Å². The molecule has 3 aromatic rings. The number of nitrogens with zero attached hydrogens (tertiary/aromatic N) is 3. The number of para-hydroxylation sites is 1. The maximum absolute atomic E-state index is 13.3. The molecule has 32 heavy (non-hydrogen) atoms. The van der Waals surface area contributed by atoms with Crippen molar-refractivity contribution in [2.75, 3.05) is 19.3 Å². The lowest BCUT2D eigenvalue weighted by molar-refractivity contribution is -0.00183. The first-order chi connectivity index (χ1) is 15.2. The van der Waals surface area contributed by atoms with Crippen LogP contribution < -0.4 is 4.74 Å². The van der Waals surface area contributed by atoms with Crippen LogP contribution in [0.3, 0.4) is 0 Å². The summed E-state index contributed by atoms with van der Waals surface area (Å²) in [4.78, 5) is 14.9. The number of sulfone groups is 1. The van der Waals surface area contributed by atoms with Gasteiger partial charge in [-0.15, -0.1) is 0 Å². The van der Waals surface area contributed by atoms with E-state index < -0.39 is 15.4 Å². The summed E-state index contributed by atoms with van der Waals surface area (Å²) in [7, 11) is -1.69. The first-order valence-electron chi connectivity index (χ1n) is 10.3. The van der Waals surface area contributed by atoms with Gasteiger partial charge in [0.25, 0.3) is 5.91 Å². The number of benzene rings is 2. The van der Waals surface area contributed by atoms with Crippen LogP contribution in [0.15, 0.2) is 53.6 Å². The van der Waals surface area contributed by atoms with Crippen LogP contribution in [0.4, 0.5) is 0 Å². The predicted octanol–water partition coefficient (Wildman–Crippen LogP) is 3.67. The highest BCUT2D eigenvalue weighted by Gasteiger charge is 2.46. The fourth-order valence-electron chi connectivity index (χ4n) is 4.70. The molecule has 0 aliphatic carbocycles. The van der Waals surface area contributed by atoms with Gasteiger partial charge in [0, 0.05) is 55.4 Å². The fraction of sp³-hybridized carbons (Fsp3) is 0.304. The minimum absolute atomic E-state index is 0.0484. The minimum atomic E-state index is -3.60. The SMILES string of the molecule is Cn1ncc2c1-c1ccccc1OC21CCN(C(=O)c2ccc(Cl)cc2S(C)(=O)=O)CC1. The summed E-state index contributed by atoms with van der Waals surface area (Å²) in [5, 5.41) is 4.75. The number of fused-ring (bicyclic) bond motifs is 4. The zero-order chi connectivity index (χ0) is 22.7. The summed E-state index contributed by atoms with van der Waals surface area (Å²) in [5.74, 6) is 0.486. The molecule has 2 aromatic carbocycles. The molecule has 1 amide bonds. The van der Waals surface area contributed by atoms with Crippen molar-refractivity contribution < 1.29 is 17.9 Å². The van der Waals surface area contributed by atoms with Crippen LogP contribution in [0, 0.1) is 0 Å². The molecule has 1 saturated heterocycles. The molecule has 166 valence electrons. The van der Waals surface area contributed by atoms with Gasteiger partial charge in [0.2, 0.25) is 0 Å². The maximum atomic E-state index is 13.3. The highest BCUT2D eigenvalue weighted by molar-refractivity contribution is 7.90. The molecule has 5 rings (SSSR count). The molecule has 0 atom stereocenters. The Morgan fingerprint density at radius 2 is 1.88 bits per heavy atom. The molecular formula is C23H22ClN3O4S. The number of hydrogen-bond acceptors (Lipinski definition) is 5. The summed E-state index contributed by atoms with van der Waals surface area (Å²) < 4.78 is 32.9. The quantitative estimate of drug-likeness (QED) is 0.569. The monoisotopic (exact) mass is 471 g/mol. The lowest BCUT2D eigenvalue weighted by Crippen LogP contribution is -2.49. The summed E-state index contributed by atoms with van der Waals surface area (Å²) in [5.41, 5.74) is 2.63. The third kappa shape index (κ3) is 3.29. The van der Waals surface area contributed by atoms with Gasteiger partial charge in [-0.3, -0.25) is 9.48 Å². The average molecular weight is 472 g/mol. The summed E-state index contributed by atoms with van der Waals surface area (Å²) in [6.07, 6.45) is 4.09. The van der Waals surface area contributed by atoms with Crippen LogP contribution in [-0.2, 0) is 22.5 Å². The van der Waals surface area contributed by atoms with E-state index in [4.69, 9.17) is 16.3 Å². The van der Waals surface area contributed by atoms with Crippen LogP contribution in [0.1, 0.15) is 28.8 Å².